The molecule has 142 valence electrons. The van der Waals surface area contributed by atoms with Crippen LogP contribution in [0.15, 0.2) is 48.5 Å². The molecule has 2 amide bonds. The lowest BCUT2D eigenvalue weighted by atomic mass is 9.95. The number of carbonyl (C=O) groups is 2. The van der Waals surface area contributed by atoms with E-state index in [0.29, 0.717) is 17.8 Å². The van der Waals surface area contributed by atoms with Crippen LogP contribution < -0.4 is 10.6 Å². The Labute approximate surface area is 158 Å². The van der Waals surface area contributed by atoms with E-state index >= 15 is 0 Å². The molecule has 0 fully saturated rings. The highest BCUT2D eigenvalue weighted by Crippen LogP contribution is 2.26. The molecule has 1 atom stereocenters. The van der Waals surface area contributed by atoms with Crippen LogP contribution in [0.25, 0.3) is 0 Å². The molecule has 0 spiro atoms. The Morgan fingerprint density at radius 3 is 2.07 bits per heavy atom. The largest absolute Gasteiger partial charge is 0.326 e. The zero-order valence-corrected chi connectivity index (χ0v) is 15.9. The summed E-state index contributed by atoms with van der Waals surface area (Å²) in [6, 6.07) is 13.4. The summed E-state index contributed by atoms with van der Waals surface area (Å²) in [5.41, 5.74) is 3.02. The van der Waals surface area contributed by atoms with Crippen LogP contribution in [0.2, 0.25) is 0 Å². The van der Waals surface area contributed by atoms with Crippen molar-refractivity contribution in [2.24, 2.45) is 0 Å². The molecule has 0 bridgehead atoms. The predicted octanol–water partition coefficient (Wildman–Crippen LogP) is 1.97. The Morgan fingerprint density at radius 2 is 1.52 bits per heavy atom. The van der Waals surface area contributed by atoms with E-state index in [1.807, 2.05) is 24.3 Å². The molecule has 1 aliphatic rings. The molecule has 0 saturated heterocycles. The summed E-state index contributed by atoms with van der Waals surface area (Å²) in [6.07, 6.45) is 1.43. The van der Waals surface area contributed by atoms with E-state index in [-0.39, 0.29) is 18.4 Å². The molecule has 8 heteroatoms. The summed E-state index contributed by atoms with van der Waals surface area (Å²) in [6.45, 7) is 1.59. The highest BCUT2D eigenvalue weighted by atomic mass is 32.2. The van der Waals surface area contributed by atoms with Crippen molar-refractivity contribution in [2.75, 3.05) is 16.9 Å². The van der Waals surface area contributed by atoms with Crippen LogP contribution in [-0.2, 0) is 32.6 Å². The van der Waals surface area contributed by atoms with Gasteiger partial charge in [-0.3, -0.25) is 9.59 Å². The van der Waals surface area contributed by atoms with Crippen LogP contribution in [-0.4, -0.2) is 36.8 Å². The minimum atomic E-state index is -3.55. The summed E-state index contributed by atoms with van der Waals surface area (Å²) >= 11 is 0. The lowest BCUT2D eigenvalue weighted by Crippen LogP contribution is -2.50. The summed E-state index contributed by atoms with van der Waals surface area (Å²) < 4.78 is 25.7. The second-order valence-electron chi connectivity index (χ2n) is 6.54. The molecule has 0 saturated carbocycles. The van der Waals surface area contributed by atoms with Gasteiger partial charge in [-0.15, -0.1) is 0 Å². The molecule has 7 nitrogen and oxygen atoms in total. The van der Waals surface area contributed by atoms with Gasteiger partial charge in [0, 0.05) is 24.8 Å². The predicted molar refractivity (Wildman–Crippen MR) is 104 cm³/mol. The van der Waals surface area contributed by atoms with Gasteiger partial charge in [0.25, 0.3) is 0 Å². The van der Waals surface area contributed by atoms with Crippen LogP contribution in [0.5, 0.6) is 0 Å². The number of sulfonamides is 1. The van der Waals surface area contributed by atoms with Crippen molar-refractivity contribution in [2.45, 2.75) is 25.9 Å². The number of rotatable bonds is 4. The van der Waals surface area contributed by atoms with Crippen LogP contribution in [0.1, 0.15) is 18.1 Å². The van der Waals surface area contributed by atoms with Crippen molar-refractivity contribution in [1.82, 2.24) is 4.31 Å². The molecule has 0 unspecified atom stereocenters. The molecular weight excluding hydrogens is 366 g/mol. The normalized spacial score (nSPS) is 17.0. The van der Waals surface area contributed by atoms with E-state index in [9.17, 15) is 18.0 Å². The zero-order chi connectivity index (χ0) is 19.6. The number of anilines is 2. The Hall–Kier alpha value is -2.71. The van der Waals surface area contributed by atoms with Gasteiger partial charge in [0.15, 0.2) is 0 Å². The fourth-order valence-corrected chi connectivity index (χ4v) is 4.14. The number of hydrogen-bond donors (Lipinski definition) is 2. The third-order valence-corrected chi connectivity index (χ3v) is 5.64. The SMILES string of the molecule is CC(=O)Nc1ccc(NC(=O)[C@@H]2Cc3ccccc3CN2S(C)(=O)=O)cc1. The summed E-state index contributed by atoms with van der Waals surface area (Å²) in [4.78, 5) is 23.9. The highest BCUT2D eigenvalue weighted by Gasteiger charge is 2.36. The third-order valence-electron chi connectivity index (χ3n) is 4.41. The maximum Gasteiger partial charge on any atom is 0.243 e. The van der Waals surface area contributed by atoms with Crippen molar-refractivity contribution < 1.29 is 18.0 Å². The molecule has 1 aliphatic heterocycles. The molecule has 27 heavy (non-hydrogen) atoms. The average Bonchev–Trinajstić information content (AvgIpc) is 2.61. The fourth-order valence-electron chi connectivity index (χ4n) is 3.14. The summed E-state index contributed by atoms with van der Waals surface area (Å²) in [7, 11) is -3.55. The number of carbonyl (C=O) groups excluding carboxylic acids is 2. The van der Waals surface area contributed by atoms with Gasteiger partial charge in [0.2, 0.25) is 21.8 Å². The number of amides is 2. The lowest BCUT2D eigenvalue weighted by molar-refractivity contribution is -0.120. The van der Waals surface area contributed by atoms with Gasteiger partial charge in [0.1, 0.15) is 6.04 Å². The van der Waals surface area contributed by atoms with Gasteiger partial charge in [-0.2, -0.15) is 4.31 Å². The Morgan fingerprint density at radius 1 is 0.963 bits per heavy atom. The molecule has 1 heterocycles. The Bertz CT molecular complexity index is 971. The molecule has 2 N–H and O–H groups in total. The molecule has 3 rings (SSSR count). The molecule has 0 aromatic heterocycles. The van der Waals surface area contributed by atoms with Gasteiger partial charge in [0.05, 0.1) is 6.26 Å². The molecular formula is C19H21N3O4S. The Kier molecular flexibility index (Phi) is 5.29. The molecule has 2 aromatic rings. The van der Waals surface area contributed by atoms with Crippen molar-refractivity contribution in [3.8, 4) is 0 Å². The standard InChI is InChI=1S/C19H21N3O4S/c1-13(23)20-16-7-9-17(10-8-16)21-19(24)18-11-14-5-3-4-6-15(14)12-22(18)27(2,25)26/h3-10,18H,11-12H2,1-2H3,(H,20,23)(H,21,24)/t18-/m0/s1. The van der Waals surface area contributed by atoms with E-state index in [1.165, 1.54) is 11.2 Å². The first-order valence-corrected chi connectivity index (χ1v) is 10.3. The van der Waals surface area contributed by atoms with Gasteiger partial charge in [-0.05, 0) is 41.8 Å². The van der Waals surface area contributed by atoms with Gasteiger partial charge in [-0.1, -0.05) is 24.3 Å². The minimum absolute atomic E-state index is 0.175. The van der Waals surface area contributed by atoms with E-state index in [4.69, 9.17) is 0 Å². The lowest BCUT2D eigenvalue weighted by Gasteiger charge is -2.34. The smallest absolute Gasteiger partial charge is 0.243 e. The Balaban J connectivity index is 1.80. The quantitative estimate of drug-likeness (QED) is 0.838. The topological polar surface area (TPSA) is 95.6 Å². The first kappa shape index (κ1) is 19.1. The van der Waals surface area contributed by atoms with E-state index in [1.54, 1.807) is 24.3 Å². The number of fused-ring (bicyclic) bond motifs is 1. The van der Waals surface area contributed by atoms with Crippen LogP contribution >= 0.6 is 0 Å². The van der Waals surface area contributed by atoms with E-state index in [0.717, 1.165) is 17.4 Å². The van der Waals surface area contributed by atoms with Crippen LogP contribution in [0.4, 0.5) is 11.4 Å². The first-order valence-electron chi connectivity index (χ1n) is 8.46. The van der Waals surface area contributed by atoms with E-state index in [2.05, 4.69) is 10.6 Å². The minimum Gasteiger partial charge on any atom is -0.326 e. The zero-order valence-electron chi connectivity index (χ0n) is 15.1. The van der Waals surface area contributed by atoms with Gasteiger partial charge >= 0.3 is 0 Å². The maximum absolute atomic E-state index is 12.8. The molecule has 0 aliphatic carbocycles. The van der Waals surface area contributed by atoms with Crippen molar-refractivity contribution in [3.63, 3.8) is 0 Å². The van der Waals surface area contributed by atoms with Gasteiger partial charge in [-0.25, -0.2) is 8.42 Å². The molecule has 2 aromatic carbocycles. The fraction of sp³-hybridized carbons (Fsp3) is 0.263. The maximum atomic E-state index is 12.8. The van der Waals surface area contributed by atoms with Gasteiger partial charge < -0.3 is 10.6 Å². The van der Waals surface area contributed by atoms with Crippen LogP contribution in [0, 0.1) is 0 Å². The summed E-state index contributed by atoms with van der Waals surface area (Å²) in [5.74, 6) is -0.571. The second-order valence-corrected chi connectivity index (χ2v) is 8.48. The van der Waals surface area contributed by atoms with Crippen LogP contribution in [0.3, 0.4) is 0 Å². The summed E-state index contributed by atoms with van der Waals surface area (Å²) in [5, 5.41) is 5.41. The second kappa shape index (κ2) is 7.50. The molecule has 0 radical (unpaired) electrons. The average molecular weight is 387 g/mol. The number of benzene rings is 2. The highest BCUT2D eigenvalue weighted by molar-refractivity contribution is 7.88. The number of nitrogens with one attached hydrogen (secondary N) is 2. The van der Waals surface area contributed by atoms with E-state index < -0.39 is 16.1 Å². The van der Waals surface area contributed by atoms with Crippen molar-refractivity contribution >= 4 is 33.2 Å². The monoisotopic (exact) mass is 387 g/mol. The number of hydrogen-bond acceptors (Lipinski definition) is 4. The third kappa shape index (κ3) is 4.53. The van der Waals surface area contributed by atoms with Crippen molar-refractivity contribution in [3.05, 3.63) is 59.7 Å². The first-order chi connectivity index (χ1) is 12.7. The number of nitrogens with zero attached hydrogens (tertiary/aromatic N) is 1. The van der Waals surface area contributed by atoms with Crippen molar-refractivity contribution in [1.29, 1.82) is 0 Å².